The summed E-state index contributed by atoms with van der Waals surface area (Å²) in [5.41, 5.74) is -0.184. The summed E-state index contributed by atoms with van der Waals surface area (Å²) in [4.78, 5) is 11.6. The van der Waals surface area contributed by atoms with E-state index in [1.165, 1.54) is 0 Å². The van der Waals surface area contributed by atoms with Gasteiger partial charge < -0.3 is 14.8 Å². The van der Waals surface area contributed by atoms with Crippen LogP contribution >= 0.6 is 0 Å². The highest BCUT2D eigenvalue weighted by molar-refractivity contribution is 5.80. The first kappa shape index (κ1) is 9.93. The molecule has 1 N–H and O–H groups in total. The van der Waals surface area contributed by atoms with Crippen LogP contribution in [-0.2, 0) is 14.3 Å². The quantitative estimate of drug-likeness (QED) is 0.662. The molecule has 3 aliphatic rings. The molecule has 0 aromatic carbocycles. The molecule has 0 atom stereocenters. The Morgan fingerprint density at radius 2 is 2.21 bits per heavy atom. The van der Waals surface area contributed by atoms with Gasteiger partial charge in [0.1, 0.15) is 0 Å². The summed E-state index contributed by atoms with van der Waals surface area (Å²) in [6, 6.07) is 0. The molecule has 0 spiro atoms. The lowest BCUT2D eigenvalue weighted by Gasteiger charge is -2.43. The third kappa shape index (κ3) is 1.25. The van der Waals surface area contributed by atoms with Crippen LogP contribution in [0.4, 0.5) is 0 Å². The number of hydrogen-bond acceptors (Lipinski definition) is 4. The van der Waals surface area contributed by atoms with Crippen molar-refractivity contribution in [1.29, 1.82) is 0 Å². The molecule has 80 valence electrons. The highest BCUT2D eigenvalue weighted by Crippen LogP contribution is 2.54. The van der Waals surface area contributed by atoms with Crippen LogP contribution in [0.15, 0.2) is 0 Å². The minimum atomic E-state index is -0.242. The van der Waals surface area contributed by atoms with E-state index >= 15 is 0 Å². The topological polar surface area (TPSA) is 47.6 Å². The van der Waals surface area contributed by atoms with E-state index < -0.39 is 0 Å². The third-order valence-corrected chi connectivity index (χ3v) is 3.28. The monoisotopic (exact) mass is 199 g/mol. The summed E-state index contributed by atoms with van der Waals surface area (Å²) < 4.78 is 10.2. The largest absolute Gasteiger partial charge is 0.466 e. The van der Waals surface area contributed by atoms with Crippen LogP contribution in [0.3, 0.4) is 0 Å². The average Bonchev–Trinajstić information content (AvgIpc) is 2.60. The molecule has 14 heavy (non-hydrogen) atoms. The Kier molecular flexibility index (Phi) is 2.27. The SMILES string of the molecule is CCOC(=O)C12CNC(COC)(C1)C2. The summed E-state index contributed by atoms with van der Waals surface area (Å²) in [6.07, 6.45) is 1.74. The number of ether oxygens (including phenoxy) is 2. The Morgan fingerprint density at radius 1 is 1.50 bits per heavy atom. The van der Waals surface area contributed by atoms with Crippen LogP contribution in [0.1, 0.15) is 19.8 Å². The Bertz CT molecular complexity index is 246. The maximum absolute atomic E-state index is 11.6. The molecule has 2 bridgehead atoms. The predicted molar refractivity (Wildman–Crippen MR) is 50.9 cm³/mol. The van der Waals surface area contributed by atoms with E-state index in [-0.39, 0.29) is 16.9 Å². The lowest BCUT2D eigenvalue weighted by Crippen LogP contribution is -2.54. The van der Waals surface area contributed by atoms with Crippen LogP contribution in [0.2, 0.25) is 0 Å². The zero-order valence-electron chi connectivity index (χ0n) is 8.76. The van der Waals surface area contributed by atoms with Crippen LogP contribution in [-0.4, -0.2) is 38.4 Å². The molecule has 4 nitrogen and oxygen atoms in total. The summed E-state index contributed by atoms with van der Waals surface area (Å²) in [5.74, 6) is -0.0447. The number of nitrogens with one attached hydrogen (secondary N) is 1. The second kappa shape index (κ2) is 3.21. The fourth-order valence-electron chi connectivity index (χ4n) is 2.78. The van der Waals surface area contributed by atoms with Gasteiger partial charge >= 0.3 is 5.97 Å². The molecule has 0 radical (unpaired) electrons. The average molecular weight is 199 g/mol. The number of rotatable bonds is 4. The summed E-state index contributed by atoms with van der Waals surface area (Å²) >= 11 is 0. The molecule has 4 heteroatoms. The van der Waals surface area contributed by atoms with Crippen molar-refractivity contribution in [2.45, 2.75) is 25.3 Å². The van der Waals surface area contributed by atoms with Gasteiger partial charge in [-0.1, -0.05) is 0 Å². The van der Waals surface area contributed by atoms with Crippen molar-refractivity contribution >= 4 is 5.97 Å². The number of fused-ring (bicyclic) bond motifs is 1. The fraction of sp³-hybridized carbons (Fsp3) is 0.900. The first-order valence-corrected chi connectivity index (χ1v) is 5.08. The van der Waals surface area contributed by atoms with E-state index in [1.54, 1.807) is 7.11 Å². The molecule has 0 amide bonds. The first-order chi connectivity index (χ1) is 6.66. The molecule has 0 aromatic heterocycles. The van der Waals surface area contributed by atoms with E-state index in [9.17, 15) is 4.79 Å². The minimum absolute atomic E-state index is 0.0447. The molecule has 3 fully saturated rings. The van der Waals surface area contributed by atoms with Gasteiger partial charge in [-0.3, -0.25) is 4.79 Å². The fourth-order valence-corrected chi connectivity index (χ4v) is 2.78. The Morgan fingerprint density at radius 3 is 2.79 bits per heavy atom. The lowest BCUT2D eigenvalue weighted by atomic mass is 9.62. The van der Waals surface area contributed by atoms with E-state index in [0.29, 0.717) is 13.2 Å². The maximum atomic E-state index is 11.6. The van der Waals surface area contributed by atoms with Crippen LogP contribution in [0.5, 0.6) is 0 Å². The van der Waals surface area contributed by atoms with Crippen molar-refractivity contribution < 1.29 is 14.3 Å². The van der Waals surface area contributed by atoms with E-state index in [1.807, 2.05) is 6.92 Å². The van der Waals surface area contributed by atoms with Gasteiger partial charge in [0.25, 0.3) is 0 Å². The number of carbonyl (C=O) groups excluding carboxylic acids is 1. The van der Waals surface area contributed by atoms with Gasteiger partial charge in [0.2, 0.25) is 0 Å². The molecule has 2 saturated heterocycles. The van der Waals surface area contributed by atoms with Crippen molar-refractivity contribution in [2.24, 2.45) is 5.41 Å². The Labute approximate surface area is 84.0 Å². The maximum Gasteiger partial charge on any atom is 0.313 e. The number of esters is 1. The molecular weight excluding hydrogens is 182 g/mol. The van der Waals surface area contributed by atoms with Crippen molar-refractivity contribution in [3.05, 3.63) is 0 Å². The highest BCUT2D eigenvalue weighted by atomic mass is 16.5. The van der Waals surface area contributed by atoms with E-state index in [4.69, 9.17) is 9.47 Å². The Balaban J connectivity index is 1.96. The molecule has 0 unspecified atom stereocenters. The van der Waals surface area contributed by atoms with Crippen LogP contribution in [0, 0.1) is 5.41 Å². The van der Waals surface area contributed by atoms with Gasteiger partial charge in [-0.25, -0.2) is 0 Å². The second-order valence-electron chi connectivity index (χ2n) is 4.42. The van der Waals surface area contributed by atoms with Gasteiger partial charge in [0, 0.05) is 19.2 Å². The van der Waals surface area contributed by atoms with Gasteiger partial charge in [-0.15, -0.1) is 0 Å². The summed E-state index contributed by atoms with van der Waals surface area (Å²) in [5, 5.41) is 3.36. The third-order valence-electron chi connectivity index (χ3n) is 3.28. The van der Waals surface area contributed by atoms with E-state index in [0.717, 1.165) is 19.4 Å². The zero-order chi connectivity index (χ0) is 10.2. The van der Waals surface area contributed by atoms with Crippen molar-refractivity contribution in [1.82, 2.24) is 5.32 Å². The molecule has 2 heterocycles. The number of carbonyl (C=O) groups is 1. The molecule has 2 aliphatic heterocycles. The van der Waals surface area contributed by atoms with Gasteiger partial charge in [-0.2, -0.15) is 0 Å². The van der Waals surface area contributed by atoms with Crippen molar-refractivity contribution in [2.75, 3.05) is 26.9 Å². The van der Waals surface area contributed by atoms with Crippen molar-refractivity contribution in [3.63, 3.8) is 0 Å². The summed E-state index contributed by atoms with van der Waals surface area (Å²) in [6.45, 7) is 3.75. The molecule has 3 rings (SSSR count). The van der Waals surface area contributed by atoms with Gasteiger partial charge in [0.15, 0.2) is 0 Å². The minimum Gasteiger partial charge on any atom is -0.466 e. The standard InChI is InChI=1S/C10H17NO3/c1-3-14-8(12)9-4-10(5-9,7-13-2)11-6-9/h11H,3-7H2,1-2H3. The van der Waals surface area contributed by atoms with Gasteiger partial charge in [0.05, 0.1) is 18.6 Å². The van der Waals surface area contributed by atoms with E-state index in [2.05, 4.69) is 5.32 Å². The Hall–Kier alpha value is -0.610. The summed E-state index contributed by atoms with van der Waals surface area (Å²) in [7, 11) is 1.69. The number of hydrogen-bond donors (Lipinski definition) is 1. The van der Waals surface area contributed by atoms with Crippen molar-refractivity contribution in [3.8, 4) is 0 Å². The molecule has 1 saturated carbocycles. The zero-order valence-corrected chi connectivity index (χ0v) is 8.76. The lowest BCUT2D eigenvalue weighted by molar-refractivity contribution is -0.160. The molecule has 0 aromatic rings. The van der Waals surface area contributed by atoms with Gasteiger partial charge in [-0.05, 0) is 19.8 Å². The van der Waals surface area contributed by atoms with Crippen LogP contribution < -0.4 is 5.32 Å². The molecule has 1 aliphatic carbocycles. The molecular formula is C10H17NO3. The normalized spacial score (nSPS) is 39.3. The predicted octanol–water partition coefficient (Wildman–Crippen LogP) is 0.318. The first-order valence-electron chi connectivity index (χ1n) is 5.08. The highest BCUT2D eigenvalue weighted by Gasteiger charge is 2.65. The van der Waals surface area contributed by atoms with Crippen LogP contribution in [0.25, 0.3) is 0 Å². The number of methoxy groups -OCH3 is 1. The smallest absolute Gasteiger partial charge is 0.313 e. The second-order valence-corrected chi connectivity index (χ2v) is 4.42.